The summed E-state index contributed by atoms with van der Waals surface area (Å²) in [5.41, 5.74) is 0. The van der Waals surface area contributed by atoms with Crippen LogP contribution in [0.5, 0.6) is 0 Å². The summed E-state index contributed by atoms with van der Waals surface area (Å²) in [5.74, 6) is 0.0764. The zero-order valence-corrected chi connectivity index (χ0v) is 18.8. The third-order valence-corrected chi connectivity index (χ3v) is 7.12. The van der Waals surface area contributed by atoms with Gasteiger partial charge >= 0.3 is 6.18 Å². The van der Waals surface area contributed by atoms with Gasteiger partial charge in [0.25, 0.3) is 0 Å². The molecular formula is C21H19F3N6S2. The average Bonchev–Trinajstić information content (AvgIpc) is 3.37. The molecule has 1 aliphatic heterocycles. The van der Waals surface area contributed by atoms with Crippen molar-refractivity contribution >= 4 is 39.1 Å². The van der Waals surface area contributed by atoms with Gasteiger partial charge in [-0.25, -0.2) is 9.97 Å². The molecule has 32 heavy (non-hydrogen) atoms. The first kappa shape index (κ1) is 21.2. The Morgan fingerprint density at radius 1 is 1.09 bits per heavy atom. The van der Waals surface area contributed by atoms with E-state index in [2.05, 4.69) is 23.2 Å². The van der Waals surface area contributed by atoms with Gasteiger partial charge in [0.05, 0.1) is 11.9 Å². The Bertz CT molecular complexity index is 1250. The van der Waals surface area contributed by atoms with Crippen molar-refractivity contribution in [1.82, 2.24) is 24.7 Å². The largest absolute Gasteiger partial charge is 0.451 e. The minimum atomic E-state index is -4.52. The fourth-order valence-electron chi connectivity index (χ4n) is 3.74. The molecule has 4 aromatic rings. The van der Waals surface area contributed by atoms with Crippen molar-refractivity contribution in [3.63, 3.8) is 0 Å². The second-order valence-corrected chi connectivity index (χ2v) is 9.59. The van der Waals surface area contributed by atoms with Gasteiger partial charge in [-0.15, -0.1) is 21.5 Å². The van der Waals surface area contributed by atoms with Gasteiger partial charge in [0.15, 0.2) is 11.0 Å². The minimum Gasteiger partial charge on any atom is -0.347 e. The lowest BCUT2D eigenvalue weighted by atomic mass is 10.2. The third kappa shape index (κ3) is 4.06. The lowest BCUT2D eigenvalue weighted by Gasteiger charge is -2.29. The molecule has 0 atom stereocenters. The van der Waals surface area contributed by atoms with Crippen LogP contribution in [-0.2, 0) is 25.7 Å². The number of hydrogen-bond acceptors (Lipinski definition) is 7. The number of anilines is 1. The number of rotatable bonds is 5. The number of aromatic nitrogens is 5. The van der Waals surface area contributed by atoms with E-state index in [9.17, 15) is 13.2 Å². The van der Waals surface area contributed by atoms with Gasteiger partial charge in [0, 0.05) is 22.9 Å². The predicted molar refractivity (Wildman–Crippen MR) is 118 cm³/mol. The molecule has 0 bridgehead atoms. The molecule has 0 fully saturated rings. The van der Waals surface area contributed by atoms with Gasteiger partial charge in [-0.2, -0.15) is 13.2 Å². The highest BCUT2D eigenvalue weighted by Crippen LogP contribution is 2.37. The highest BCUT2D eigenvalue weighted by molar-refractivity contribution is 7.99. The maximum absolute atomic E-state index is 13.2. The molecule has 0 amide bonds. The number of nitrogens with zero attached hydrogens (tertiary/aromatic N) is 6. The van der Waals surface area contributed by atoms with Crippen LogP contribution in [0.4, 0.5) is 19.0 Å². The van der Waals surface area contributed by atoms with Crippen LogP contribution in [0.15, 0.2) is 46.5 Å². The van der Waals surface area contributed by atoms with E-state index in [0.717, 1.165) is 38.3 Å². The predicted octanol–water partition coefficient (Wildman–Crippen LogP) is 5.43. The molecule has 11 heteroatoms. The van der Waals surface area contributed by atoms with E-state index >= 15 is 0 Å². The summed E-state index contributed by atoms with van der Waals surface area (Å²) in [6.45, 7) is 2.87. The standard InChI is InChI=1S/C21H19F3N6S2/c1-2-6-14-11-15-17(25-20(26-18(15)31-14)32-13-7-4-3-5-8-13)29-9-10-30-16(12-29)27-28-19(30)21(22,23)24/h3-5,7-8,11H,2,6,9-10,12H2,1H3. The Hall–Kier alpha value is -2.66. The van der Waals surface area contributed by atoms with Crippen LogP contribution >= 0.6 is 23.1 Å². The zero-order valence-electron chi connectivity index (χ0n) is 17.1. The first-order valence-corrected chi connectivity index (χ1v) is 11.8. The van der Waals surface area contributed by atoms with E-state index in [1.54, 1.807) is 11.3 Å². The number of benzene rings is 1. The summed E-state index contributed by atoms with van der Waals surface area (Å²) in [5, 5.41) is 8.74. The number of thiophene rings is 1. The summed E-state index contributed by atoms with van der Waals surface area (Å²) in [4.78, 5) is 14.7. The smallest absolute Gasteiger partial charge is 0.347 e. The summed E-state index contributed by atoms with van der Waals surface area (Å²) in [6.07, 6.45) is -2.54. The lowest BCUT2D eigenvalue weighted by Crippen LogP contribution is -2.36. The summed E-state index contributed by atoms with van der Waals surface area (Å²) >= 11 is 3.12. The van der Waals surface area contributed by atoms with Gasteiger partial charge in [-0.05, 0) is 36.4 Å². The Kier molecular flexibility index (Phi) is 5.54. The van der Waals surface area contributed by atoms with Crippen molar-refractivity contribution in [1.29, 1.82) is 0 Å². The van der Waals surface area contributed by atoms with Crippen LogP contribution in [0.25, 0.3) is 10.2 Å². The molecule has 0 N–H and O–H groups in total. The third-order valence-electron chi connectivity index (χ3n) is 5.16. The summed E-state index contributed by atoms with van der Waals surface area (Å²) < 4.78 is 40.8. The second-order valence-electron chi connectivity index (χ2n) is 7.44. The Balaban J connectivity index is 1.54. The highest BCUT2D eigenvalue weighted by atomic mass is 32.2. The van der Waals surface area contributed by atoms with Gasteiger partial charge in [0.2, 0.25) is 5.82 Å². The molecule has 4 heterocycles. The molecule has 6 nitrogen and oxygen atoms in total. The minimum absolute atomic E-state index is 0.149. The highest BCUT2D eigenvalue weighted by Gasteiger charge is 2.39. The summed E-state index contributed by atoms with van der Waals surface area (Å²) in [6, 6.07) is 12.0. The van der Waals surface area contributed by atoms with Crippen molar-refractivity contribution < 1.29 is 13.2 Å². The fraction of sp³-hybridized carbons (Fsp3) is 0.333. The van der Waals surface area contributed by atoms with Crippen molar-refractivity contribution in [3.05, 3.63) is 52.9 Å². The number of hydrogen-bond donors (Lipinski definition) is 0. The SMILES string of the molecule is CCCc1cc2c(N3CCn4c(nnc4C(F)(F)F)C3)nc(Sc3ccccc3)nc2s1. The van der Waals surface area contributed by atoms with Crippen molar-refractivity contribution in [2.75, 3.05) is 11.4 Å². The second kappa shape index (κ2) is 8.36. The average molecular weight is 477 g/mol. The number of aryl methyl sites for hydroxylation is 1. The maximum atomic E-state index is 13.2. The van der Waals surface area contributed by atoms with E-state index in [1.807, 2.05) is 35.2 Å². The lowest BCUT2D eigenvalue weighted by molar-refractivity contribution is -0.147. The molecular weight excluding hydrogens is 457 g/mol. The van der Waals surface area contributed by atoms with Crippen molar-refractivity contribution in [2.24, 2.45) is 0 Å². The monoisotopic (exact) mass is 476 g/mol. The molecule has 0 saturated carbocycles. The van der Waals surface area contributed by atoms with Crippen LogP contribution in [0, 0.1) is 0 Å². The quantitative estimate of drug-likeness (QED) is 0.358. The van der Waals surface area contributed by atoms with Crippen LogP contribution in [-0.4, -0.2) is 31.3 Å². The van der Waals surface area contributed by atoms with Crippen LogP contribution in [0.2, 0.25) is 0 Å². The Labute approximate surface area is 190 Å². The molecule has 0 radical (unpaired) electrons. The van der Waals surface area contributed by atoms with Crippen LogP contribution < -0.4 is 4.90 Å². The molecule has 166 valence electrons. The number of halogens is 3. The molecule has 0 aliphatic carbocycles. The normalized spacial score (nSPS) is 14.2. The number of fused-ring (bicyclic) bond motifs is 2. The zero-order chi connectivity index (χ0) is 22.3. The first-order valence-electron chi connectivity index (χ1n) is 10.2. The van der Waals surface area contributed by atoms with Crippen LogP contribution in [0.3, 0.4) is 0 Å². The Morgan fingerprint density at radius 2 is 1.91 bits per heavy atom. The summed E-state index contributed by atoms with van der Waals surface area (Å²) in [7, 11) is 0. The number of alkyl halides is 3. The first-order chi connectivity index (χ1) is 15.4. The van der Waals surface area contributed by atoms with Gasteiger partial charge in [-0.3, -0.25) is 0 Å². The molecule has 3 aromatic heterocycles. The van der Waals surface area contributed by atoms with Crippen molar-refractivity contribution in [2.45, 2.75) is 49.1 Å². The van der Waals surface area contributed by atoms with E-state index in [4.69, 9.17) is 9.97 Å². The Morgan fingerprint density at radius 3 is 2.66 bits per heavy atom. The van der Waals surface area contributed by atoms with Crippen molar-refractivity contribution in [3.8, 4) is 0 Å². The maximum Gasteiger partial charge on any atom is 0.451 e. The van der Waals surface area contributed by atoms with E-state index in [1.165, 1.54) is 16.6 Å². The van der Waals surface area contributed by atoms with Gasteiger partial charge in [0.1, 0.15) is 10.6 Å². The molecule has 0 saturated heterocycles. The topological polar surface area (TPSA) is 59.7 Å². The fourth-order valence-corrected chi connectivity index (χ4v) is 5.69. The molecule has 0 unspecified atom stereocenters. The van der Waals surface area contributed by atoms with E-state index < -0.39 is 12.0 Å². The van der Waals surface area contributed by atoms with Gasteiger partial charge in [-0.1, -0.05) is 31.5 Å². The van der Waals surface area contributed by atoms with Gasteiger partial charge < -0.3 is 9.47 Å². The molecule has 5 rings (SSSR count). The van der Waals surface area contributed by atoms with Crippen LogP contribution in [0.1, 0.15) is 29.9 Å². The molecule has 1 aromatic carbocycles. The van der Waals surface area contributed by atoms with E-state index in [-0.39, 0.29) is 18.9 Å². The molecule has 0 spiro atoms. The van der Waals surface area contributed by atoms with E-state index in [0.29, 0.717) is 11.7 Å². The molecule has 1 aliphatic rings.